The highest BCUT2D eigenvalue weighted by Crippen LogP contribution is 2.18. The van der Waals surface area contributed by atoms with Crippen LogP contribution in [0.4, 0.5) is 0 Å². The SMILES string of the molecule is COc1ccc(C(=O)C(C)(C)OC)cc1. The van der Waals surface area contributed by atoms with E-state index in [1.165, 1.54) is 7.11 Å². The average Bonchev–Trinajstić information content (AvgIpc) is 2.28. The lowest BCUT2D eigenvalue weighted by Gasteiger charge is -2.21. The van der Waals surface area contributed by atoms with Crippen LogP contribution < -0.4 is 4.74 Å². The molecule has 0 N–H and O–H groups in total. The number of carbonyl (C=O) groups is 1. The molecule has 1 aromatic rings. The summed E-state index contributed by atoms with van der Waals surface area (Å²) < 4.78 is 10.1. The van der Waals surface area contributed by atoms with Gasteiger partial charge in [-0.15, -0.1) is 0 Å². The Labute approximate surface area is 90.0 Å². The Kier molecular flexibility index (Phi) is 3.48. The molecule has 0 atom stereocenters. The van der Waals surface area contributed by atoms with Crippen LogP contribution in [0, 0.1) is 0 Å². The Balaban J connectivity index is 2.92. The lowest BCUT2D eigenvalue weighted by molar-refractivity contribution is 0.0228. The quantitative estimate of drug-likeness (QED) is 0.712. The molecule has 15 heavy (non-hydrogen) atoms. The molecule has 0 fully saturated rings. The standard InChI is InChI=1S/C12H16O3/c1-12(2,15-4)11(13)9-5-7-10(14-3)8-6-9/h5-8H,1-4H3. The van der Waals surface area contributed by atoms with Gasteiger partial charge in [-0.1, -0.05) is 0 Å². The van der Waals surface area contributed by atoms with Gasteiger partial charge in [-0.2, -0.15) is 0 Å². The summed E-state index contributed by atoms with van der Waals surface area (Å²) >= 11 is 0. The van der Waals surface area contributed by atoms with Gasteiger partial charge in [0.25, 0.3) is 0 Å². The van der Waals surface area contributed by atoms with Gasteiger partial charge >= 0.3 is 0 Å². The lowest BCUT2D eigenvalue weighted by Crippen LogP contribution is -2.33. The Morgan fingerprint density at radius 3 is 2.07 bits per heavy atom. The van der Waals surface area contributed by atoms with E-state index in [9.17, 15) is 4.79 Å². The number of rotatable bonds is 4. The van der Waals surface area contributed by atoms with E-state index >= 15 is 0 Å². The monoisotopic (exact) mass is 208 g/mol. The fourth-order valence-electron chi connectivity index (χ4n) is 1.18. The zero-order chi connectivity index (χ0) is 11.5. The molecule has 0 radical (unpaired) electrons. The van der Waals surface area contributed by atoms with E-state index in [1.54, 1.807) is 45.2 Å². The topological polar surface area (TPSA) is 35.5 Å². The third-order valence-electron chi connectivity index (χ3n) is 2.41. The summed E-state index contributed by atoms with van der Waals surface area (Å²) in [5.74, 6) is 0.703. The van der Waals surface area contributed by atoms with Gasteiger partial charge in [-0.25, -0.2) is 0 Å². The van der Waals surface area contributed by atoms with Crippen molar-refractivity contribution in [2.24, 2.45) is 0 Å². The van der Waals surface area contributed by atoms with Crippen molar-refractivity contribution >= 4 is 5.78 Å². The molecular weight excluding hydrogens is 192 g/mol. The second kappa shape index (κ2) is 4.45. The molecule has 0 aliphatic carbocycles. The number of hydrogen-bond donors (Lipinski definition) is 0. The smallest absolute Gasteiger partial charge is 0.194 e. The van der Waals surface area contributed by atoms with Gasteiger partial charge in [-0.05, 0) is 38.1 Å². The predicted molar refractivity (Wildman–Crippen MR) is 58.4 cm³/mol. The zero-order valence-corrected chi connectivity index (χ0v) is 9.53. The summed E-state index contributed by atoms with van der Waals surface area (Å²) in [7, 11) is 3.12. The first kappa shape index (κ1) is 11.7. The molecule has 0 aromatic heterocycles. The summed E-state index contributed by atoms with van der Waals surface area (Å²) in [6, 6.07) is 7.00. The Morgan fingerprint density at radius 2 is 1.67 bits per heavy atom. The van der Waals surface area contributed by atoms with Gasteiger partial charge in [0.2, 0.25) is 0 Å². The Morgan fingerprint density at radius 1 is 1.13 bits per heavy atom. The van der Waals surface area contributed by atoms with Crippen LogP contribution in [0.15, 0.2) is 24.3 Å². The molecule has 0 aliphatic heterocycles. The fraction of sp³-hybridized carbons (Fsp3) is 0.417. The zero-order valence-electron chi connectivity index (χ0n) is 9.53. The molecule has 0 saturated heterocycles. The van der Waals surface area contributed by atoms with Crippen LogP contribution in [0.1, 0.15) is 24.2 Å². The maximum absolute atomic E-state index is 11.9. The molecule has 0 bridgehead atoms. The van der Waals surface area contributed by atoms with E-state index in [0.717, 1.165) is 5.75 Å². The second-order valence-corrected chi connectivity index (χ2v) is 3.77. The molecular formula is C12H16O3. The third-order valence-corrected chi connectivity index (χ3v) is 2.41. The number of Topliss-reactive ketones (excluding diaryl/α,β-unsaturated/α-hetero) is 1. The predicted octanol–water partition coefficient (Wildman–Crippen LogP) is 2.30. The highest BCUT2D eigenvalue weighted by molar-refractivity contribution is 6.02. The molecule has 0 spiro atoms. The summed E-state index contributed by atoms with van der Waals surface area (Å²) in [6.45, 7) is 3.50. The maximum atomic E-state index is 11.9. The average molecular weight is 208 g/mol. The molecule has 1 rings (SSSR count). The minimum absolute atomic E-state index is 0.0346. The summed E-state index contributed by atoms with van der Waals surface area (Å²) in [5.41, 5.74) is -0.156. The van der Waals surface area contributed by atoms with Crippen molar-refractivity contribution in [3.8, 4) is 5.75 Å². The minimum Gasteiger partial charge on any atom is -0.497 e. The highest BCUT2D eigenvalue weighted by atomic mass is 16.5. The molecule has 1 aromatic carbocycles. The maximum Gasteiger partial charge on any atom is 0.194 e. The Hall–Kier alpha value is -1.35. The van der Waals surface area contributed by atoms with Crippen LogP contribution in [-0.4, -0.2) is 25.6 Å². The number of carbonyl (C=O) groups excluding carboxylic acids is 1. The number of hydrogen-bond acceptors (Lipinski definition) is 3. The van der Waals surface area contributed by atoms with Crippen molar-refractivity contribution in [2.75, 3.05) is 14.2 Å². The van der Waals surface area contributed by atoms with E-state index < -0.39 is 5.60 Å². The fourth-order valence-corrected chi connectivity index (χ4v) is 1.18. The van der Waals surface area contributed by atoms with Crippen molar-refractivity contribution < 1.29 is 14.3 Å². The van der Waals surface area contributed by atoms with Gasteiger partial charge in [0, 0.05) is 12.7 Å². The van der Waals surface area contributed by atoms with Crippen LogP contribution in [0.3, 0.4) is 0 Å². The molecule has 0 saturated carbocycles. The van der Waals surface area contributed by atoms with E-state index in [-0.39, 0.29) is 5.78 Å². The highest BCUT2D eigenvalue weighted by Gasteiger charge is 2.27. The van der Waals surface area contributed by atoms with Crippen LogP contribution >= 0.6 is 0 Å². The van der Waals surface area contributed by atoms with Crippen LogP contribution in [0.5, 0.6) is 5.75 Å². The molecule has 3 nitrogen and oxygen atoms in total. The first-order valence-electron chi connectivity index (χ1n) is 4.75. The second-order valence-electron chi connectivity index (χ2n) is 3.77. The van der Waals surface area contributed by atoms with E-state index in [0.29, 0.717) is 5.56 Å². The van der Waals surface area contributed by atoms with Crippen molar-refractivity contribution in [1.29, 1.82) is 0 Å². The molecule has 0 heterocycles. The van der Waals surface area contributed by atoms with Crippen LogP contribution in [-0.2, 0) is 4.74 Å². The minimum atomic E-state index is -0.783. The number of benzene rings is 1. The first-order chi connectivity index (χ1) is 7.01. The van der Waals surface area contributed by atoms with Crippen molar-refractivity contribution in [3.05, 3.63) is 29.8 Å². The third kappa shape index (κ3) is 2.57. The number of ketones is 1. The summed E-state index contributed by atoms with van der Waals surface area (Å²) in [4.78, 5) is 11.9. The molecule has 82 valence electrons. The van der Waals surface area contributed by atoms with Crippen molar-refractivity contribution in [3.63, 3.8) is 0 Å². The van der Waals surface area contributed by atoms with Gasteiger partial charge in [-0.3, -0.25) is 4.79 Å². The van der Waals surface area contributed by atoms with E-state index in [4.69, 9.17) is 9.47 Å². The molecule has 3 heteroatoms. The van der Waals surface area contributed by atoms with Crippen molar-refractivity contribution in [1.82, 2.24) is 0 Å². The Bertz CT molecular complexity index is 338. The van der Waals surface area contributed by atoms with Gasteiger partial charge in [0.1, 0.15) is 11.4 Å². The van der Waals surface area contributed by atoms with Gasteiger partial charge < -0.3 is 9.47 Å². The lowest BCUT2D eigenvalue weighted by atomic mass is 9.96. The first-order valence-corrected chi connectivity index (χ1v) is 4.75. The number of methoxy groups -OCH3 is 2. The van der Waals surface area contributed by atoms with Gasteiger partial charge in [0.15, 0.2) is 5.78 Å². The summed E-state index contributed by atoms with van der Waals surface area (Å²) in [6.07, 6.45) is 0. The molecule has 0 aliphatic rings. The largest absolute Gasteiger partial charge is 0.497 e. The van der Waals surface area contributed by atoms with Crippen LogP contribution in [0.25, 0.3) is 0 Å². The van der Waals surface area contributed by atoms with E-state index in [2.05, 4.69) is 0 Å². The molecule has 0 unspecified atom stereocenters. The number of ether oxygens (including phenoxy) is 2. The van der Waals surface area contributed by atoms with E-state index in [1.807, 2.05) is 0 Å². The van der Waals surface area contributed by atoms with Crippen molar-refractivity contribution in [2.45, 2.75) is 19.4 Å². The van der Waals surface area contributed by atoms with Crippen LogP contribution in [0.2, 0.25) is 0 Å². The summed E-state index contributed by atoms with van der Waals surface area (Å²) in [5, 5.41) is 0. The molecule has 0 amide bonds. The normalized spacial score (nSPS) is 11.2. The van der Waals surface area contributed by atoms with Gasteiger partial charge in [0.05, 0.1) is 7.11 Å².